The molecule has 0 spiro atoms. The molecule has 118 valence electrons. The van der Waals surface area contributed by atoms with Gasteiger partial charge in [0.25, 0.3) is 17.3 Å². The van der Waals surface area contributed by atoms with Gasteiger partial charge in [-0.1, -0.05) is 11.6 Å². The molecule has 0 bridgehead atoms. The van der Waals surface area contributed by atoms with Gasteiger partial charge in [-0.15, -0.1) is 0 Å². The normalized spacial score (nSPS) is 18.1. The van der Waals surface area contributed by atoms with Crippen LogP contribution >= 0.6 is 11.6 Å². The van der Waals surface area contributed by atoms with Gasteiger partial charge in [0.05, 0.1) is 15.4 Å². The first kappa shape index (κ1) is 16.2. The molecule has 0 saturated carbocycles. The van der Waals surface area contributed by atoms with E-state index in [9.17, 15) is 25.0 Å². The molecule has 8 nitrogen and oxygen atoms in total. The van der Waals surface area contributed by atoms with E-state index in [1.807, 2.05) is 6.92 Å². The van der Waals surface area contributed by atoms with Crippen LogP contribution in [0.25, 0.3) is 0 Å². The minimum absolute atomic E-state index is 0.00459. The van der Waals surface area contributed by atoms with E-state index in [1.165, 1.54) is 0 Å². The maximum absolute atomic E-state index is 12.5. The molecule has 1 unspecified atom stereocenters. The highest BCUT2D eigenvalue weighted by atomic mass is 35.5. The molecule has 9 heteroatoms. The number of benzene rings is 1. The van der Waals surface area contributed by atoms with E-state index < -0.39 is 32.2 Å². The summed E-state index contributed by atoms with van der Waals surface area (Å²) in [6.45, 7) is 2.42. The highest BCUT2D eigenvalue weighted by Gasteiger charge is 2.30. The zero-order valence-corrected chi connectivity index (χ0v) is 12.6. The number of nitro groups is 2. The van der Waals surface area contributed by atoms with Gasteiger partial charge in [-0.2, -0.15) is 0 Å². The Hall–Kier alpha value is -2.22. The lowest BCUT2D eigenvalue weighted by Crippen LogP contribution is -2.42. The summed E-state index contributed by atoms with van der Waals surface area (Å²) in [6, 6.07) is 1.99. The lowest BCUT2D eigenvalue weighted by atomic mass is 10.0. The number of nitro benzene ring substituents is 2. The molecule has 1 aliphatic rings. The molecule has 22 heavy (non-hydrogen) atoms. The van der Waals surface area contributed by atoms with E-state index in [1.54, 1.807) is 4.90 Å². The fourth-order valence-electron chi connectivity index (χ4n) is 2.55. The van der Waals surface area contributed by atoms with Crippen molar-refractivity contribution in [3.05, 3.63) is 42.9 Å². The van der Waals surface area contributed by atoms with Crippen molar-refractivity contribution in [2.75, 3.05) is 6.54 Å². The Kier molecular flexibility index (Phi) is 4.60. The average Bonchev–Trinajstić information content (AvgIpc) is 2.46. The lowest BCUT2D eigenvalue weighted by molar-refractivity contribution is -0.393. The van der Waals surface area contributed by atoms with Crippen molar-refractivity contribution in [2.24, 2.45) is 0 Å². The Balaban J connectivity index is 2.48. The highest BCUT2D eigenvalue weighted by molar-refractivity contribution is 6.35. The van der Waals surface area contributed by atoms with Gasteiger partial charge in [-0.05, 0) is 26.2 Å². The van der Waals surface area contributed by atoms with Gasteiger partial charge in [0.1, 0.15) is 0 Å². The van der Waals surface area contributed by atoms with Crippen LogP contribution in [0.2, 0.25) is 5.02 Å². The summed E-state index contributed by atoms with van der Waals surface area (Å²) in [4.78, 5) is 34.4. The standard InChI is InChI=1S/C13H14ClN3O5/c1-8-4-2-3-5-15(8)13(18)9-6-10(16(19)20)12(14)11(7-9)17(21)22/h6-8H,2-5H2,1H3. The van der Waals surface area contributed by atoms with Crippen molar-refractivity contribution >= 4 is 28.9 Å². The predicted octanol–water partition coefficient (Wildman–Crippen LogP) is 3.17. The first-order valence-corrected chi connectivity index (χ1v) is 7.14. The number of hydrogen-bond acceptors (Lipinski definition) is 5. The van der Waals surface area contributed by atoms with Crippen LogP contribution in [0.5, 0.6) is 0 Å². The molecule has 1 aromatic carbocycles. The SMILES string of the molecule is CC1CCCCN1C(=O)c1cc([N+](=O)[O-])c(Cl)c([N+](=O)[O-])c1. The summed E-state index contributed by atoms with van der Waals surface area (Å²) < 4.78 is 0. The van der Waals surface area contributed by atoms with Crippen LogP contribution in [0.4, 0.5) is 11.4 Å². The average molecular weight is 328 g/mol. The van der Waals surface area contributed by atoms with Crippen molar-refractivity contribution in [1.82, 2.24) is 4.90 Å². The zero-order valence-electron chi connectivity index (χ0n) is 11.8. The van der Waals surface area contributed by atoms with Crippen LogP contribution in [0.1, 0.15) is 36.5 Å². The first-order chi connectivity index (χ1) is 10.3. The Morgan fingerprint density at radius 3 is 2.23 bits per heavy atom. The lowest BCUT2D eigenvalue weighted by Gasteiger charge is -2.33. The van der Waals surface area contributed by atoms with Crippen LogP contribution < -0.4 is 0 Å². The van der Waals surface area contributed by atoms with Gasteiger partial charge in [0.2, 0.25) is 0 Å². The summed E-state index contributed by atoms with van der Waals surface area (Å²) >= 11 is 5.68. The highest BCUT2D eigenvalue weighted by Crippen LogP contribution is 2.35. The maximum Gasteiger partial charge on any atom is 0.295 e. The molecule has 1 atom stereocenters. The van der Waals surface area contributed by atoms with Crippen LogP contribution in [-0.2, 0) is 0 Å². The van der Waals surface area contributed by atoms with Crippen LogP contribution in [0.15, 0.2) is 12.1 Å². The number of likely N-dealkylation sites (tertiary alicyclic amines) is 1. The van der Waals surface area contributed by atoms with Gasteiger partial charge < -0.3 is 4.90 Å². The summed E-state index contributed by atoms with van der Waals surface area (Å²) in [5, 5.41) is 21.4. The number of hydrogen-bond donors (Lipinski definition) is 0. The number of rotatable bonds is 3. The fourth-order valence-corrected chi connectivity index (χ4v) is 2.80. The van der Waals surface area contributed by atoms with Crippen molar-refractivity contribution in [1.29, 1.82) is 0 Å². The van der Waals surface area contributed by atoms with E-state index in [-0.39, 0.29) is 11.6 Å². The van der Waals surface area contributed by atoms with Crippen molar-refractivity contribution < 1.29 is 14.6 Å². The topological polar surface area (TPSA) is 107 Å². The molecule has 1 heterocycles. The molecular formula is C13H14ClN3O5. The van der Waals surface area contributed by atoms with Crippen LogP contribution in [0, 0.1) is 20.2 Å². The molecule has 0 aromatic heterocycles. The molecule has 0 aliphatic carbocycles. The monoisotopic (exact) mass is 327 g/mol. The molecule has 0 N–H and O–H groups in total. The van der Waals surface area contributed by atoms with E-state index in [0.717, 1.165) is 31.4 Å². The number of piperidine rings is 1. The smallest absolute Gasteiger partial charge is 0.295 e. The summed E-state index contributed by atoms with van der Waals surface area (Å²) in [6.07, 6.45) is 2.68. The third-order valence-electron chi connectivity index (χ3n) is 3.74. The zero-order chi connectivity index (χ0) is 16.4. The van der Waals surface area contributed by atoms with E-state index in [0.29, 0.717) is 6.54 Å². The molecule has 1 fully saturated rings. The van der Waals surface area contributed by atoms with Crippen molar-refractivity contribution in [2.45, 2.75) is 32.2 Å². The van der Waals surface area contributed by atoms with E-state index in [2.05, 4.69) is 0 Å². The van der Waals surface area contributed by atoms with Gasteiger partial charge in [0, 0.05) is 24.7 Å². The van der Waals surface area contributed by atoms with Crippen molar-refractivity contribution in [3.63, 3.8) is 0 Å². The third-order valence-corrected chi connectivity index (χ3v) is 4.13. The maximum atomic E-state index is 12.5. The number of carbonyl (C=O) groups excluding carboxylic acids is 1. The minimum Gasteiger partial charge on any atom is -0.336 e. The van der Waals surface area contributed by atoms with Gasteiger partial charge >= 0.3 is 0 Å². The number of amides is 1. The van der Waals surface area contributed by atoms with Crippen LogP contribution in [0.3, 0.4) is 0 Å². The quantitative estimate of drug-likeness (QED) is 0.626. The second-order valence-corrected chi connectivity index (χ2v) is 5.56. The largest absolute Gasteiger partial charge is 0.336 e. The third kappa shape index (κ3) is 3.01. The molecule has 1 amide bonds. The second kappa shape index (κ2) is 6.27. The molecule has 0 radical (unpaired) electrons. The summed E-state index contributed by atoms with van der Waals surface area (Å²) in [5.74, 6) is -0.449. The Morgan fingerprint density at radius 1 is 1.23 bits per heavy atom. The fraction of sp³-hybridized carbons (Fsp3) is 0.462. The molecule has 1 saturated heterocycles. The Labute approximate surface area is 131 Å². The van der Waals surface area contributed by atoms with Gasteiger partial charge in [-0.3, -0.25) is 25.0 Å². The predicted molar refractivity (Wildman–Crippen MR) is 79.1 cm³/mol. The molecule has 1 aliphatic heterocycles. The summed E-state index contributed by atoms with van der Waals surface area (Å²) in [5.41, 5.74) is -1.36. The van der Waals surface area contributed by atoms with Gasteiger partial charge in [0.15, 0.2) is 5.02 Å². The first-order valence-electron chi connectivity index (χ1n) is 6.76. The second-order valence-electron chi connectivity index (χ2n) is 5.19. The minimum atomic E-state index is -0.828. The number of carbonyl (C=O) groups is 1. The Morgan fingerprint density at radius 2 is 1.77 bits per heavy atom. The van der Waals surface area contributed by atoms with Crippen LogP contribution in [-0.4, -0.2) is 33.2 Å². The van der Waals surface area contributed by atoms with E-state index >= 15 is 0 Å². The Bertz CT molecular complexity index is 614. The summed E-state index contributed by atoms with van der Waals surface area (Å²) in [7, 11) is 0. The molecule has 2 rings (SSSR count). The van der Waals surface area contributed by atoms with Crippen molar-refractivity contribution in [3.8, 4) is 0 Å². The molecule has 1 aromatic rings. The molecular weight excluding hydrogens is 314 g/mol. The number of nitrogens with zero attached hydrogens (tertiary/aromatic N) is 3. The van der Waals surface area contributed by atoms with E-state index in [4.69, 9.17) is 11.6 Å². The number of halogens is 1. The van der Waals surface area contributed by atoms with Gasteiger partial charge in [-0.25, -0.2) is 0 Å².